The highest BCUT2D eigenvalue weighted by Crippen LogP contribution is 2.31. The van der Waals surface area contributed by atoms with Crippen LogP contribution in [0.1, 0.15) is 26.7 Å². The Balaban J connectivity index is 2.56. The molecular weight excluding hydrogens is 184 g/mol. The van der Waals surface area contributed by atoms with Crippen LogP contribution in [0.5, 0.6) is 0 Å². The maximum absolute atomic E-state index is 5.95. The monoisotopic (exact) mass is 204 g/mol. The van der Waals surface area contributed by atoms with Crippen molar-refractivity contribution in [3.63, 3.8) is 0 Å². The molecule has 12 heavy (non-hydrogen) atoms. The Kier molecular flexibility index (Phi) is 3.68. The molecule has 1 aliphatic heterocycles. The van der Waals surface area contributed by atoms with Gasteiger partial charge in [0.15, 0.2) is 0 Å². The molecule has 0 aromatic rings. The molecule has 1 rings (SSSR count). The Hall–Kier alpha value is 0.527. The van der Waals surface area contributed by atoms with Crippen molar-refractivity contribution in [2.75, 3.05) is 6.61 Å². The summed E-state index contributed by atoms with van der Waals surface area (Å²) in [7, 11) is -1.44. The predicted octanol–water partition coefficient (Wildman–Crippen LogP) is 2.87. The van der Waals surface area contributed by atoms with Gasteiger partial charge in [-0.15, -0.1) is 0 Å². The van der Waals surface area contributed by atoms with Crippen LogP contribution < -0.4 is 0 Å². The van der Waals surface area contributed by atoms with Crippen LogP contribution in [0.25, 0.3) is 0 Å². The molecule has 0 N–H and O–H groups in total. The summed E-state index contributed by atoms with van der Waals surface area (Å²) in [4.78, 5) is 0.512. The fourth-order valence-corrected chi connectivity index (χ4v) is 6.09. The molecule has 0 aliphatic carbocycles. The van der Waals surface area contributed by atoms with Crippen molar-refractivity contribution in [1.82, 2.24) is 0 Å². The normalized spacial score (nSPS) is 33.8. The topological polar surface area (TPSA) is 9.23 Å². The second kappa shape index (κ2) is 4.16. The molecule has 0 amide bonds. The maximum atomic E-state index is 5.95. The summed E-state index contributed by atoms with van der Waals surface area (Å²) in [5.74, 6) is 0.656. The summed E-state index contributed by atoms with van der Waals surface area (Å²) in [6.45, 7) is 7.80. The predicted molar refractivity (Wildman–Crippen MR) is 59.2 cm³/mol. The first-order chi connectivity index (χ1) is 5.56. The van der Waals surface area contributed by atoms with Gasteiger partial charge in [-0.25, -0.2) is 0 Å². The molecule has 1 heterocycles. The molecule has 0 aromatic heterocycles. The number of hydrogen-bond donors (Lipinski definition) is 1. The van der Waals surface area contributed by atoms with Crippen molar-refractivity contribution < 1.29 is 4.43 Å². The summed E-state index contributed by atoms with van der Waals surface area (Å²) < 4.78 is 5.95. The van der Waals surface area contributed by atoms with Crippen molar-refractivity contribution in [1.29, 1.82) is 0 Å². The minimum absolute atomic E-state index is 0.512. The second-order valence-corrected chi connectivity index (χ2v) is 9.39. The molecule has 0 bridgehead atoms. The van der Waals surface area contributed by atoms with E-state index in [-0.39, 0.29) is 0 Å². The molecule has 0 radical (unpaired) electrons. The lowest BCUT2D eigenvalue weighted by molar-refractivity contribution is 0.265. The quantitative estimate of drug-likeness (QED) is 0.537. The Bertz CT molecular complexity index is 143. The van der Waals surface area contributed by atoms with E-state index in [0.717, 1.165) is 6.61 Å². The molecular formula is C9H20OSSi. The average Bonchev–Trinajstić information content (AvgIpc) is 2.04. The van der Waals surface area contributed by atoms with Crippen molar-refractivity contribution in [2.24, 2.45) is 5.92 Å². The minimum atomic E-state index is -1.44. The van der Waals surface area contributed by atoms with Gasteiger partial charge in [-0.05, 0) is 24.9 Å². The maximum Gasteiger partial charge on any atom is 0.202 e. The highest BCUT2D eigenvalue weighted by atomic mass is 32.1. The van der Waals surface area contributed by atoms with Crippen LogP contribution in [0.15, 0.2) is 0 Å². The lowest BCUT2D eigenvalue weighted by Gasteiger charge is -2.37. The van der Waals surface area contributed by atoms with Crippen molar-refractivity contribution in [2.45, 2.75) is 44.2 Å². The van der Waals surface area contributed by atoms with E-state index in [9.17, 15) is 0 Å². The molecule has 1 aliphatic rings. The third kappa shape index (κ3) is 2.27. The van der Waals surface area contributed by atoms with E-state index in [4.69, 9.17) is 17.1 Å². The lowest BCUT2D eigenvalue weighted by Crippen LogP contribution is -2.49. The Labute approximate surface area is 82.4 Å². The van der Waals surface area contributed by atoms with Crippen LogP contribution in [0.4, 0.5) is 0 Å². The van der Waals surface area contributed by atoms with Crippen LogP contribution >= 0.6 is 12.6 Å². The largest absolute Gasteiger partial charge is 0.416 e. The smallest absolute Gasteiger partial charge is 0.202 e. The zero-order chi connectivity index (χ0) is 9.19. The van der Waals surface area contributed by atoms with Gasteiger partial charge in [0.05, 0.1) is 0 Å². The summed E-state index contributed by atoms with van der Waals surface area (Å²) in [6, 6.07) is 1.30. The van der Waals surface area contributed by atoms with Gasteiger partial charge < -0.3 is 4.43 Å². The van der Waals surface area contributed by atoms with Gasteiger partial charge in [-0.3, -0.25) is 0 Å². The van der Waals surface area contributed by atoms with Crippen LogP contribution in [0.3, 0.4) is 0 Å². The highest BCUT2D eigenvalue weighted by molar-refractivity contribution is 7.83. The van der Waals surface area contributed by atoms with E-state index < -0.39 is 8.32 Å². The summed E-state index contributed by atoms with van der Waals surface area (Å²) in [6.07, 6.45) is 2.60. The number of rotatable bonds is 2. The zero-order valence-corrected chi connectivity index (χ0v) is 10.2. The first-order valence-electron chi connectivity index (χ1n) is 4.88. The van der Waals surface area contributed by atoms with Crippen LogP contribution in [0, 0.1) is 5.92 Å². The third-order valence-electron chi connectivity index (χ3n) is 2.76. The summed E-state index contributed by atoms with van der Waals surface area (Å²) in [5.41, 5.74) is 0. The zero-order valence-electron chi connectivity index (χ0n) is 8.34. The van der Waals surface area contributed by atoms with Crippen molar-refractivity contribution in [3.8, 4) is 0 Å². The first kappa shape index (κ1) is 10.6. The van der Waals surface area contributed by atoms with Gasteiger partial charge >= 0.3 is 0 Å². The first-order valence-corrected chi connectivity index (χ1v) is 8.09. The molecule has 1 nitrogen and oxygen atoms in total. The molecule has 3 heteroatoms. The van der Waals surface area contributed by atoms with Crippen LogP contribution in [-0.2, 0) is 4.43 Å². The summed E-state index contributed by atoms with van der Waals surface area (Å²) >= 11 is 4.69. The molecule has 2 unspecified atom stereocenters. The Morgan fingerprint density at radius 1 is 1.33 bits per heavy atom. The molecule has 72 valence electrons. The molecule has 1 fully saturated rings. The van der Waals surface area contributed by atoms with Gasteiger partial charge in [-0.2, -0.15) is 12.6 Å². The summed E-state index contributed by atoms with van der Waals surface area (Å²) in [5, 5.41) is 0. The van der Waals surface area contributed by atoms with E-state index in [1.54, 1.807) is 0 Å². The van der Waals surface area contributed by atoms with Gasteiger partial charge in [0, 0.05) is 11.5 Å². The van der Waals surface area contributed by atoms with Crippen LogP contribution in [0.2, 0.25) is 12.6 Å². The van der Waals surface area contributed by atoms with Crippen LogP contribution in [-0.4, -0.2) is 19.8 Å². The minimum Gasteiger partial charge on any atom is -0.416 e. The second-order valence-electron chi connectivity index (χ2n) is 4.31. The molecule has 0 spiro atoms. The fourth-order valence-electron chi connectivity index (χ4n) is 1.89. The van der Waals surface area contributed by atoms with Gasteiger partial charge in [0.1, 0.15) is 0 Å². The van der Waals surface area contributed by atoms with E-state index >= 15 is 0 Å². The van der Waals surface area contributed by atoms with Crippen molar-refractivity contribution in [3.05, 3.63) is 0 Å². The number of hydrogen-bond acceptors (Lipinski definition) is 2. The molecule has 0 saturated carbocycles. The lowest BCUT2D eigenvalue weighted by atomic mass is 10.3. The Morgan fingerprint density at radius 2 is 2.00 bits per heavy atom. The molecule has 1 saturated heterocycles. The van der Waals surface area contributed by atoms with E-state index in [1.165, 1.54) is 18.9 Å². The molecule has 2 atom stereocenters. The van der Waals surface area contributed by atoms with Gasteiger partial charge in [0.2, 0.25) is 8.32 Å². The van der Waals surface area contributed by atoms with E-state index in [1.807, 2.05) is 0 Å². The van der Waals surface area contributed by atoms with Crippen molar-refractivity contribution >= 4 is 20.9 Å². The highest BCUT2D eigenvalue weighted by Gasteiger charge is 2.39. The van der Waals surface area contributed by atoms with Gasteiger partial charge in [0.25, 0.3) is 0 Å². The third-order valence-corrected chi connectivity index (χ3v) is 9.12. The average molecular weight is 204 g/mol. The fraction of sp³-hybridized carbons (Fsp3) is 1.00. The van der Waals surface area contributed by atoms with E-state index in [0.29, 0.717) is 10.8 Å². The number of thiol groups is 1. The standard InChI is InChI=1S/C9H20OSSi/c1-8(2)9(11)12(3)7-5-4-6-10-12/h8-9,11H,4-7H2,1-3H3. The van der Waals surface area contributed by atoms with Gasteiger partial charge in [-0.1, -0.05) is 20.3 Å². The van der Waals surface area contributed by atoms with E-state index in [2.05, 4.69) is 20.4 Å². The SMILES string of the molecule is CC(C)C(S)[Si]1(C)CCCCO1. The Morgan fingerprint density at radius 3 is 2.42 bits per heavy atom. The molecule has 0 aromatic carbocycles.